The molecule has 0 fully saturated rings. The lowest BCUT2D eigenvalue weighted by atomic mass is 10.2. The highest BCUT2D eigenvalue weighted by atomic mass is 35.5. The van der Waals surface area contributed by atoms with Crippen LogP contribution in [0.1, 0.15) is 15.9 Å². The predicted octanol–water partition coefficient (Wildman–Crippen LogP) is 2.19. The molecule has 84 valence electrons. The Kier molecular flexibility index (Phi) is 3.08. The summed E-state index contributed by atoms with van der Waals surface area (Å²) in [5.41, 5.74) is 0.609. The Morgan fingerprint density at radius 3 is 2.94 bits per heavy atom. The molecule has 0 spiro atoms. The van der Waals surface area contributed by atoms with Crippen molar-refractivity contribution in [2.75, 3.05) is 5.32 Å². The molecule has 5 nitrogen and oxygen atoms in total. The van der Waals surface area contributed by atoms with Crippen LogP contribution in [0.3, 0.4) is 0 Å². The summed E-state index contributed by atoms with van der Waals surface area (Å²) in [5, 5.41) is 17.8. The van der Waals surface area contributed by atoms with Crippen molar-refractivity contribution in [1.82, 2.24) is 10.2 Å². The van der Waals surface area contributed by atoms with Crippen molar-refractivity contribution >= 4 is 23.3 Å². The third kappa shape index (κ3) is 2.27. The lowest BCUT2D eigenvalue weighted by molar-refractivity contribution is 0.102. The van der Waals surface area contributed by atoms with Crippen LogP contribution in [0.2, 0.25) is 5.02 Å². The van der Waals surface area contributed by atoms with Gasteiger partial charge in [-0.3, -0.25) is 9.89 Å². The standard InChI is InChI=1S/C11H7ClN4O/c12-9-4-2-1-3-8(9)11(17)15-10-7(5-13)6-14-16-10/h1-4,6H,(H2,14,15,16,17). The van der Waals surface area contributed by atoms with Crippen LogP contribution in [0, 0.1) is 11.3 Å². The molecule has 1 amide bonds. The van der Waals surface area contributed by atoms with Crippen molar-refractivity contribution in [3.63, 3.8) is 0 Å². The SMILES string of the molecule is N#Cc1cn[nH]c1NC(=O)c1ccccc1Cl. The van der Waals surface area contributed by atoms with Gasteiger partial charge in [0, 0.05) is 0 Å². The summed E-state index contributed by atoms with van der Waals surface area (Å²) < 4.78 is 0. The molecular weight excluding hydrogens is 240 g/mol. The van der Waals surface area contributed by atoms with E-state index < -0.39 is 5.91 Å². The van der Waals surface area contributed by atoms with E-state index in [4.69, 9.17) is 16.9 Å². The molecule has 1 aromatic carbocycles. The van der Waals surface area contributed by atoms with E-state index in [1.807, 2.05) is 6.07 Å². The first-order valence-corrected chi connectivity index (χ1v) is 5.09. The fourth-order valence-corrected chi connectivity index (χ4v) is 1.51. The molecule has 0 bridgehead atoms. The highest BCUT2D eigenvalue weighted by Gasteiger charge is 2.12. The first-order chi connectivity index (χ1) is 8.22. The van der Waals surface area contributed by atoms with Gasteiger partial charge in [0.25, 0.3) is 5.91 Å². The third-order valence-corrected chi connectivity index (χ3v) is 2.45. The van der Waals surface area contributed by atoms with E-state index >= 15 is 0 Å². The Hall–Kier alpha value is -2.32. The van der Waals surface area contributed by atoms with E-state index in [1.54, 1.807) is 24.3 Å². The second kappa shape index (κ2) is 4.68. The molecule has 0 saturated heterocycles. The van der Waals surface area contributed by atoms with Gasteiger partial charge in [-0.15, -0.1) is 0 Å². The predicted molar refractivity (Wildman–Crippen MR) is 62.7 cm³/mol. The minimum atomic E-state index is -0.392. The van der Waals surface area contributed by atoms with Gasteiger partial charge in [-0.05, 0) is 12.1 Å². The van der Waals surface area contributed by atoms with E-state index in [1.165, 1.54) is 6.20 Å². The van der Waals surface area contributed by atoms with Crippen molar-refractivity contribution in [2.24, 2.45) is 0 Å². The van der Waals surface area contributed by atoms with E-state index in [2.05, 4.69) is 15.5 Å². The second-order valence-corrected chi connectivity index (χ2v) is 3.61. The van der Waals surface area contributed by atoms with Crippen LogP contribution < -0.4 is 5.32 Å². The average Bonchev–Trinajstić information content (AvgIpc) is 2.76. The van der Waals surface area contributed by atoms with Crippen LogP contribution in [0.25, 0.3) is 0 Å². The zero-order chi connectivity index (χ0) is 12.3. The van der Waals surface area contributed by atoms with Crippen LogP contribution >= 0.6 is 11.6 Å². The van der Waals surface area contributed by atoms with Gasteiger partial charge in [-0.2, -0.15) is 10.4 Å². The third-order valence-electron chi connectivity index (χ3n) is 2.12. The van der Waals surface area contributed by atoms with Gasteiger partial charge in [-0.1, -0.05) is 23.7 Å². The van der Waals surface area contributed by atoms with Crippen LogP contribution in [-0.2, 0) is 0 Å². The van der Waals surface area contributed by atoms with Gasteiger partial charge in [0.15, 0.2) is 0 Å². The maximum atomic E-state index is 11.8. The highest BCUT2D eigenvalue weighted by Crippen LogP contribution is 2.17. The van der Waals surface area contributed by atoms with Gasteiger partial charge in [0.05, 0.1) is 16.8 Å². The number of carbonyl (C=O) groups is 1. The van der Waals surface area contributed by atoms with Crippen LogP contribution in [0.4, 0.5) is 5.82 Å². The average molecular weight is 247 g/mol. The number of aromatic nitrogens is 2. The van der Waals surface area contributed by atoms with Crippen molar-refractivity contribution in [3.8, 4) is 6.07 Å². The second-order valence-electron chi connectivity index (χ2n) is 3.20. The molecule has 0 aliphatic carbocycles. The summed E-state index contributed by atoms with van der Waals surface area (Å²) in [7, 11) is 0. The Morgan fingerprint density at radius 2 is 2.24 bits per heavy atom. The number of halogens is 1. The zero-order valence-corrected chi connectivity index (χ0v) is 9.32. The minimum Gasteiger partial charge on any atom is -0.306 e. The summed E-state index contributed by atoms with van der Waals surface area (Å²) in [6, 6.07) is 8.56. The number of nitriles is 1. The summed E-state index contributed by atoms with van der Waals surface area (Å²) in [4.78, 5) is 11.8. The first-order valence-electron chi connectivity index (χ1n) is 4.71. The van der Waals surface area contributed by atoms with Crippen molar-refractivity contribution in [2.45, 2.75) is 0 Å². The molecule has 0 radical (unpaired) electrons. The minimum absolute atomic E-state index is 0.261. The van der Waals surface area contributed by atoms with Crippen LogP contribution in [0.5, 0.6) is 0 Å². The molecule has 2 rings (SSSR count). The lowest BCUT2D eigenvalue weighted by Crippen LogP contribution is -2.13. The summed E-state index contributed by atoms with van der Waals surface area (Å²) >= 11 is 5.88. The Morgan fingerprint density at radius 1 is 1.47 bits per heavy atom. The molecule has 2 aromatic rings. The summed E-state index contributed by atoms with van der Waals surface area (Å²) in [6.45, 7) is 0. The normalized spacial score (nSPS) is 9.65. The first kappa shape index (κ1) is 11.2. The Bertz CT molecular complexity index is 600. The zero-order valence-electron chi connectivity index (χ0n) is 8.57. The number of anilines is 1. The van der Waals surface area contributed by atoms with Crippen molar-refractivity contribution < 1.29 is 4.79 Å². The van der Waals surface area contributed by atoms with Crippen LogP contribution in [0.15, 0.2) is 30.5 Å². The number of carbonyl (C=O) groups excluding carboxylic acids is 1. The van der Waals surface area contributed by atoms with Crippen LogP contribution in [-0.4, -0.2) is 16.1 Å². The monoisotopic (exact) mass is 246 g/mol. The van der Waals surface area contributed by atoms with E-state index in [0.717, 1.165) is 0 Å². The number of nitrogens with one attached hydrogen (secondary N) is 2. The maximum absolute atomic E-state index is 11.8. The number of H-pyrrole nitrogens is 1. The Labute approximate surface area is 102 Å². The highest BCUT2D eigenvalue weighted by molar-refractivity contribution is 6.34. The largest absolute Gasteiger partial charge is 0.306 e. The molecule has 2 N–H and O–H groups in total. The van der Waals surface area contributed by atoms with Gasteiger partial charge in [0.1, 0.15) is 17.5 Å². The molecule has 6 heteroatoms. The number of aromatic amines is 1. The topological polar surface area (TPSA) is 81.6 Å². The van der Waals surface area contributed by atoms with Gasteiger partial charge in [0.2, 0.25) is 0 Å². The van der Waals surface area contributed by atoms with Gasteiger partial charge >= 0.3 is 0 Å². The molecule has 0 atom stereocenters. The maximum Gasteiger partial charge on any atom is 0.258 e. The van der Waals surface area contributed by atoms with Gasteiger partial charge in [-0.25, -0.2) is 0 Å². The van der Waals surface area contributed by atoms with E-state index in [-0.39, 0.29) is 11.4 Å². The van der Waals surface area contributed by atoms with E-state index in [9.17, 15) is 4.79 Å². The molecular formula is C11H7ClN4O. The number of nitrogens with zero attached hydrogens (tertiary/aromatic N) is 2. The molecule has 0 aliphatic rings. The number of benzene rings is 1. The molecule has 17 heavy (non-hydrogen) atoms. The summed E-state index contributed by atoms with van der Waals surface area (Å²) in [5.74, 6) is -0.131. The number of hydrogen-bond acceptors (Lipinski definition) is 3. The summed E-state index contributed by atoms with van der Waals surface area (Å²) in [6.07, 6.45) is 1.34. The quantitative estimate of drug-likeness (QED) is 0.852. The molecule has 0 unspecified atom stereocenters. The molecule has 1 heterocycles. The van der Waals surface area contributed by atoms with Gasteiger partial charge < -0.3 is 5.32 Å². The molecule has 0 aliphatic heterocycles. The molecule has 0 saturated carbocycles. The van der Waals surface area contributed by atoms with Crippen molar-refractivity contribution in [3.05, 3.63) is 46.6 Å². The fourth-order valence-electron chi connectivity index (χ4n) is 1.29. The number of hydrogen-bond donors (Lipinski definition) is 2. The fraction of sp³-hybridized carbons (Fsp3) is 0. The lowest BCUT2D eigenvalue weighted by Gasteiger charge is -2.04. The van der Waals surface area contributed by atoms with E-state index in [0.29, 0.717) is 10.6 Å². The number of rotatable bonds is 2. The molecule has 1 aromatic heterocycles. The van der Waals surface area contributed by atoms with Crippen molar-refractivity contribution in [1.29, 1.82) is 5.26 Å². The Balaban J connectivity index is 2.24. The smallest absolute Gasteiger partial charge is 0.258 e. The number of amides is 1.